The molecule has 0 aromatic carbocycles. The van der Waals surface area contributed by atoms with E-state index in [4.69, 9.17) is 0 Å². The second-order valence-corrected chi connectivity index (χ2v) is 6.53. The second kappa shape index (κ2) is 6.24. The van der Waals surface area contributed by atoms with E-state index < -0.39 is 0 Å². The summed E-state index contributed by atoms with van der Waals surface area (Å²) in [5.74, 6) is 0.0863. The highest BCUT2D eigenvalue weighted by Gasteiger charge is 2.28. The maximum atomic E-state index is 12.3. The van der Waals surface area contributed by atoms with Crippen molar-refractivity contribution < 1.29 is 9.59 Å². The van der Waals surface area contributed by atoms with Gasteiger partial charge in [-0.2, -0.15) is 0 Å². The molecule has 21 heavy (non-hydrogen) atoms. The highest BCUT2D eigenvalue weighted by atomic mass is 16.2. The molecule has 1 fully saturated rings. The third-order valence-electron chi connectivity index (χ3n) is 3.71. The number of carbonyl (C=O) groups excluding carboxylic acids is 2. The lowest BCUT2D eigenvalue weighted by atomic mass is 9.94. The van der Waals surface area contributed by atoms with E-state index in [9.17, 15) is 9.59 Å². The van der Waals surface area contributed by atoms with Gasteiger partial charge >= 0.3 is 0 Å². The van der Waals surface area contributed by atoms with E-state index in [2.05, 4.69) is 10.3 Å². The predicted octanol–water partition coefficient (Wildman–Crippen LogP) is 1.85. The van der Waals surface area contributed by atoms with Gasteiger partial charge in [0.1, 0.15) is 0 Å². The Bertz CT molecular complexity index is 500. The zero-order chi connectivity index (χ0) is 15.5. The van der Waals surface area contributed by atoms with Crippen molar-refractivity contribution in [2.24, 2.45) is 5.41 Å². The van der Waals surface area contributed by atoms with Crippen molar-refractivity contribution in [1.29, 1.82) is 0 Å². The Morgan fingerprint density at radius 2 is 1.95 bits per heavy atom. The average Bonchev–Trinajstić information content (AvgIpc) is 2.47. The third-order valence-corrected chi connectivity index (χ3v) is 3.71. The maximum Gasteiger partial charge on any atom is 0.255 e. The van der Waals surface area contributed by atoms with Crippen molar-refractivity contribution in [3.63, 3.8) is 0 Å². The number of pyridine rings is 1. The van der Waals surface area contributed by atoms with Crippen LogP contribution in [0.2, 0.25) is 0 Å². The molecule has 0 spiro atoms. The maximum absolute atomic E-state index is 12.3. The van der Waals surface area contributed by atoms with Crippen molar-refractivity contribution >= 4 is 11.8 Å². The van der Waals surface area contributed by atoms with Crippen molar-refractivity contribution in [3.8, 4) is 0 Å². The molecule has 0 aliphatic carbocycles. The molecule has 5 nitrogen and oxygen atoms in total. The molecule has 1 N–H and O–H groups in total. The molecule has 1 aliphatic heterocycles. The monoisotopic (exact) mass is 289 g/mol. The number of aromatic nitrogens is 1. The molecule has 114 valence electrons. The molecule has 0 radical (unpaired) electrons. The van der Waals surface area contributed by atoms with Crippen LogP contribution >= 0.6 is 0 Å². The van der Waals surface area contributed by atoms with E-state index in [0.717, 1.165) is 12.8 Å². The normalized spacial score (nSPS) is 16.6. The summed E-state index contributed by atoms with van der Waals surface area (Å²) in [4.78, 5) is 30.1. The summed E-state index contributed by atoms with van der Waals surface area (Å²) in [5, 5.41) is 3.07. The molecule has 2 amide bonds. The van der Waals surface area contributed by atoms with Crippen molar-refractivity contribution in [1.82, 2.24) is 15.2 Å². The summed E-state index contributed by atoms with van der Waals surface area (Å²) in [5.41, 5.74) is 0.248. The summed E-state index contributed by atoms with van der Waals surface area (Å²) in [7, 11) is 0. The van der Waals surface area contributed by atoms with Gasteiger partial charge in [0.2, 0.25) is 5.91 Å². The first kappa shape index (κ1) is 15.5. The minimum atomic E-state index is -0.372. The van der Waals surface area contributed by atoms with E-state index in [1.54, 1.807) is 24.5 Å². The SMILES string of the molecule is CC(C)(C)C(=O)NC1CCN(C(=O)c2cccnc2)CC1. The van der Waals surface area contributed by atoms with Crippen molar-refractivity contribution in [3.05, 3.63) is 30.1 Å². The standard InChI is InChI=1S/C16H23N3O2/c1-16(2,3)15(21)18-13-6-9-19(10-7-13)14(20)12-5-4-8-17-11-12/h4-5,8,11,13H,6-7,9-10H2,1-3H3,(H,18,21). The summed E-state index contributed by atoms with van der Waals surface area (Å²) in [6.07, 6.45) is 4.85. The van der Waals surface area contributed by atoms with Crippen LogP contribution in [0.3, 0.4) is 0 Å². The van der Waals surface area contributed by atoms with Gasteiger partial charge in [-0.05, 0) is 25.0 Å². The Morgan fingerprint density at radius 1 is 1.29 bits per heavy atom. The molecule has 5 heteroatoms. The van der Waals surface area contributed by atoms with E-state index in [0.29, 0.717) is 18.7 Å². The zero-order valence-corrected chi connectivity index (χ0v) is 12.9. The van der Waals surface area contributed by atoms with Gasteiger partial charge in [-0.25, -0.2) is 0 Å². The van der Waals surface area contributed by atoms with Crippen LogP contribution < -0.4 is 5.32 Å². The number of piperidine rings is 1. The molecule has 1 aromatic rings. The smallest absolute Gasteiger partial charge is 0.255 e. The van der Waals surface area contributed by atoms with Gasteiger partial charge in [0.25, 0.3) is 5.91 Å². The van der Waals surface area contributed by atoms with E-state index >= 15 is 0 Å². The Morgan fingerprint density at radius 3 is 2.48 bits per heavy atom. The number of carbonyl (C=O) groups is 2. The molecule has 0 saturated carbocycles. The lowest BCUT2D eigenvalue weighted by Crippen LogP contribution is -2.49. The Balaban J connectivity index is 1.86. The molecule has 1 aliphatic rings. The second-order valence-electron chi connectivity index (χ2n) is 6.53. The molecule has 1 saturated heterocycles. The fourth-order valence-electron chi connectivity index (χ4n) is 2.30. The molecular formula is C16H23N3O2. The molecule has 0 atom stereocenters. The van der Waals surface area contributed by atoms with E-state index in [-0.39, 0.29) is 23.3 Å². The van der Waals surface area contributed by atoms with Crippen LogP contribution in [0.4, 0.5) is 0 Å². The Kier molecular flexibility index (Phi) is 4.60. The number of likely N-dealkylation sites (tertiary alicyclic amines) is 1. The fraction of sp³-hybridized carbons (Fsp3) is 0.562. The van der Waals surface area contributed by atoms with Gasteiger partial charge in [-0.15, -0.1) is 0 Å². The van der Waals surface area contributed by atoms with Crippen molar-refractivity contribution in [2.45, 2.75) is 39.7 Å². The number of amides is 2. The quantitative estimate of drug-likeness (QED) is 0.903. The van der Waals surface area contributed by atoms with Gasteiger partial charge in [0.15, 0.2) is 0 Å². The van der Waals surface area contributed by atoms with Crippen molar-refractivity contribution in [2.75, 3.05) is 13.1 Å². The first-order valence-electron chi connectivity index (χ1n) is 7.38. The van der Waals surface area contributed by atoms with Crippen LogP contribution in [0, 0.1) is 5.41 Å². The van der Waals surface area contributed by atoms with E-state index in [1.165, 1.54) is 0 Å². The zero-order valence-electron chi connectivity index (χ0n) is 12.9. The Hall–Kier alpha value is -1.91. The molecular weight excluding hydrogens is 266 g/mol. The van der Waals surface area contributed by atoms with Gasteiger partial charge in [-0.1, -0.05) is 20.8 Å². The minimum absolute atomic E-state index is 0.0173. The first-order chi connectivity index (χ1) is 9.88. The first-order valence-corrected chi connectivity index (χ1v) is 7.38. The molecule has 0 bridgehead atoms. The third kappa shape index (κ3) is 4.03. The number of hydrogen-bond acceptors (Lipinski definition) is 3. The van der Waals surface area contributed by atoms with Gasteiger partial charge < -0.3 is 10.2 Å². The van der Waals surface area contributed by atoms with Crippen LogP contribution in [0.5, 0.6) is 0 Å². The van der Waals surface area contributed by atoms with Crippen LogP contribution in [-0.4, -0.2) is 40.8 Å². The van der Waals surface area contributed by atoms with Gasteiger partial charge in [0, 0.05) is 36.9 Å². The van der Waals surface area contributed by atoms with Crippen LogP contribution in [0.25, 0.3) is 0 Å². The van der Waals surface area contributed by atoms with Crippen LogP contribution in [0.1, 0.15) is 44.0 Å². The summed E-state index contributed by atoms with van der Waals surface area (Å²) in [6.45, 7) is 7.06. The topological polar surface area (TPSA) is 62.3 Å². The molecule has 0 unspecified atom stereocenters. The molecule has 2 heterocycles. The summed E-state index contributed by atoms with van der Waals surface area (Å²) < 4.78 is 0. The highest BCUT2D eigenvalue weighted by molar-refractivity contribution is 5.93. The number of rotatable bonds is 2. The molecule has 1 aromatic heterocycles. The van der Waals surface area contributed by atoms with Crippen LogP contribution in [0.15, 0.2) is 24.5 Å². The minimum Gasteiger partial charge on any atom is -0.353 e. The molecule has 2 rings (SSSR count). The number of nitrogens with one attached hydrogen (secondary N) is 1. The highest BCUT2D eigenvalue weighted by Crippen LogP contribution is 2.17. The van der Waals surface area contributed by atoms with Gasteiger partial charge in [0.05, 0.1) is 5.56 Å². The lowest BCUT2D eigenvalue weighted by Gasteiger charge is -2.33. The predicted molar refractivity (Wildman–Crippen MR) is 80.8 cm³/mol. The van der Waals surface area contributed by atoms with Gasteiger partial charge in [-0.3, -0.25) is 14.6 Å². The van der Waals surface area contributed by atoms with E-state index in [1.807, 2.05) is 25.7 Å². The largest absolute Gasteiger partial charge is 0.353 e. The summed E-state index contributed by atoms with van der Waals surface area (Å²) >= 11 is 0. The number of nitrogens with zero attached hydrogens (tertiary/aromatic N) is 2. The number of hydrogen-bond donors (Lipinski definition) is 1. The Labute approximate surface area is 125 Å². The van der Waals surface area contributed by atoms with Crippen LogP contribution in [-0.2, 0) is 4.79 Å². The lowest BCUT2D eigenvalue weighted by molar-refractivity contribution is -0.129. The fourth-order valence-corrected chi connectivity index (χ4v) is 2.30. The average molecular weight is 289 g/mol. The summed E-state index contributed by atoms with van der Waals surface area (Å²) in [6, 6.07) is 3.71.